The summed E-state index contributed by atoms with van der Waals surface area (Å²) in [4.78, 5) is 20.3. The molecule has 2 aromatic heterocycles. The van der Waals surface area contributed by atoms with Gasteiger partial charge in [0.1, 0.15) is 23.5 Å². The normalized spacial score (nSPS) is 15.5. The van der Waals surface area contributed by atoms with E-state index in [1.165, 1.54) is 11.1 Å². The summed E-state index contributed by atoms with van der Waals surface area (Å²) in [6.07, 6.45) is 10.6. The first kappa shape index (κ1) is 24.3. The van der Waals surface area contributed by atoms with Crippen LogP contribution < -0.4 is 5.73 Å². The van der Waals surface area contributed by atoms with E-state index in [2.05, 4.69) is 39.6 Å². The molecule has 6 nitrogen and oxygen atoms in total. The first-order valence-corrected chi connectivity index (χ1v) is 10.8. The summed E-state index contributed by atoms with van der Waals surface area (Å²) < 4.78 is 28.7. The number of amides is 1. The van der Waals surface area contributed by atoms with Gasteiger partial charge in [0.25, 0.3) is 5.91 Å². The van der Waals surface area contributed by atoms with Crippen molar-refractivity contribution in [3.05, 3.63) is 88.4 Å². The van der Waals surface area contributed by atoms with Crippen LogP contribution in [-0.4, -0.2) is 39.2 Å². The van der Waals surface area contributed by atoms with Crippen LogP contribution in [0, 0.1) is 47.7 Å². The fraction of sp³-hybridized carbons (Fsp3) is 0.143. The SMILES string of the molecule is C#CC1=CC=C(C(CC#CC#Cc2c(C(N)=O)cnc3[nH]ccc23)c2cc(F)ccc2F)C(O)N1C. The highest BCUT2D eigenvalue weighted by Gasteiger charge is 2.29. The summed E-state index contributed by atoms with van der Waals surface area (Å²) in [7, 11) is 1.60. The molecule has 2 atom stereocenters. The number of H-pyrrole nitrogens is 1. The molecule has 8 heteroatoms. The number of carbonyl (C=O) groups excluding carboxylic acids is 1. The van der Waals surface area contributed by atoms with E-state index in [4.69, 9.17) is 12.2 Å². The molecule has 1 amide bonds. The van der Waals surface area contributed by atoms with Crippen LogP contribution in [0.15, 0.2) is 60.1 Å². The number of aliphatic hydroxyl groups is 1. The van der Waals surface area contributed by atoms with E-state index in [-0.39, 0.29) is 17.5 Å². The molecule has 0 saturated heterocycles. The molecule has 0 fully saturated rings. The number of halogens is 2. The third-order valence-corrected chi connectivity index (χ3v) is 5.86. The summed E-state index contributed by atoms with van der Waals surface area (Å²) >= 11 is 0. The minimum Gasteiger partial charge on any atom is -0.370 e. The van der Waals surface area contributed by atoms with E-state index in [1.54, 1.807) is 31.5 Å². The molecule has 0 spiro atoms. The van der Waals surface area contributed by atoms with E-state index in [0.29, 0.717) is 27.9 Å². The fourth-order valence-corrected chi connectivity index (χ4v) is 3.99. The molecule has 1 aliphatic rings. The van der Waals surface area contributed by atoms with E-state index >= 15 is 0 Å². The summed E-state index contributed by atoms with van der Waals surface area (Å²) in [5.41, 5.74) is 7.43. The number of nitrogens with zero attached hydrogens (tertiary/aromatic N) is 2. The predicted molar refractivity (Wildman–Crippen MR) is 132 cm³/mol. The number of likely N-dealkylation sites (N-methyl/N-ethyl adjacent to an activating group) is 1. The zero-order valence-corrected chi connectivity index (χ0v) is 19.1. The lowest BCUT2D eigenvalue weighted by molar-refractivity contribution is 0.0742. The van der Waals surface area contributed by atoms with Gasteiger partial charge in [-0.1, -0.05) is 23.8 Å². The molecule has 36 heavy (non-hydrogen) atoms. The topological polar surface area (TPSA) is 95.2 Å². The summed E-state index contributed by atoms with van der Waals surface area (Å²) in [5, 5.41) is 11.4. The number of aromatic amines is 1. The standard InChI is InChI=1S/C28H20F2N4O2/c1-3-18-10-11-22(28(36)34(18)2)20(23-15-17(29)9-12-25(23)30)8-6-4-5-7-19-21-13-14-32-27(21)33-16-24(19)26(31)35/h1,9-16,20,28,36H,8H2,2H3,(H2,31,35)(H,32,33). The fourth-order valence-electron chi connectivity index (χ4n) is 3.99. The molecule has 0 aliphatic carbocycles. The highest BCUT2D eigenvalue weighted by molar-refractivity contribution is 6.00. The Morgan fingerprint density at radius 2 is 2.11 bits per heavy atom. The number of fused-ring (bicyclic) bond motifs is 1. The summed E-state index contributed by atoms with van der Waals surface area (Å²) in [5.74, 6) is 10.9. The molecule has 4 N–H and O–H groups in total. The third kappa shape index (κ3) is 4.70. The van der Waals surface area contributed by atoms with E-state index in [1.807, 2.05) is 0 Å². The Morgan fingerprint density at radius 3 is 2.86 bits per heavy atom. The maximum Gasteiger partial charge on any atom is 0.251 e. The number of terminal acetylenes is 1. The molecule has 2 unspecified atom stereocenters. The van der Waals surface area contributed by atoms with Crippen LogP contribution in [0.25, 0.3) is 11.0 Å². The average Bonchev–Trinajstić information content (AvgIpc) is 3.34. The van der Waals surface area contributed by atoms with Crippen molar-refractivity contribution in [1.29, 1.82) is 0 Å². The first-order chi connectivity index (χ1) is 17.3. The van der Waals surface area contributed by atoms with Crippen molar-refractivity contribution in [2.24, 2.45) is 5.73 Å². The number of aromatic nitrogens is 2. The lowest BCUT2D eigenvalue weighted by Gasteiger charge is -2.34. The van der Waals surface area contributed by atoms with Gasteiger partial charge in [0.05, 0.1) is 16.8 Å². The Hall–Kier alpha value is -4.84. The van der Waals surface area contributed by atoms with Crippen LogP contribution in [0.4, 0.5) is 8.78 Å². The number of hydrogen-bond donors (Lipinski definition) is 3. The average molecular weight is 482 g/mol. The highest BCUT2D eigenvalue weighted by Crippen LogP contribution is 2.35. The van der Waals surface area contributed by atoms with Crippen LogP contribution in [-0.2, 0) is 0 Å². The van der Waals surface area contributed by atoms with Crippen molar-refractivity contribution in [2.75, 3.05) is 7.05 Å². The van der Waals surface area contributed by atoms with Gasteiger partial charge < -0.3 is 20.7 Å². The number of allylic oxidation sites excluding steroid dienone is 3. The van der Waals surface area contributed by atoms with Gasteiger partial charge in [0, 0.05) is 37.2 Å². The molecule has 0 radical (unpaired) electrons. The third-order valence-electron chi connectivity index (χ3n) is 5.86. The first-order valence-electron chi connectivity index (χ1n) is 10.8. The van der Waals surface area contributed by atoms with E-state index < -0.39 is 29.7 Å². The number of hydrogen-bond acceptors (Lipinski definition) is 4. The zero-order chi connectivity index (χ0) is 25.8. The summed E-state index contributed by atoms with van der Waals surface area (Å²) in [6.45, 7) is 0. The van der Waals surface area contributed by atoms with E-state index in [0.717, 1.165) is 18.2 Å². The molecule has 1 aromatic carbocycles. The van der Waals surface area contributed by atoms with Gasteiger partial charge in [0.15, 0.2) is 0 Å². The number of aliphatic hydroxyl groups excluding tert-OH is 1. The molecule has 0 bridgehead atoms. The molecule has 4 rings (SSSR count). The number of primary amides is 1. The molecular formula is C28H20F2N4O2. The monoisotopic (exact) mass is 482 g/mol. The Kier molecular flexibility index (Phi) is 6.88. The second-order valence-electron chi connectivity index (χ2n) is 7.97. The van der Waals surface area contributed by atoms with Crippen LogP contribution in [0.5, 0.6) is 0 Å². The molecule has 0 saturated carbocycles. The lowest BCUT2D eigenvalue weighted by atomic mass is 9.85. The Bertz CT molecular complexity index is 1590. The van der Waals surface area contributed by atoms with Crippen LogP contribution in [0.1, 0.15) is 33.8 Å². The lowest BCUT2D eigenvalue weighted by Crippen LogP contribution is -2.36. The number of nitrogens with one attached hydrogen (secondary N) is 1. The van der Waals surface area contributed by atoms with Gasteiger partial charge in [0.2, 0.25) is 0 Å². The number of benzene rings is 1. The van der Waals surface area contributed by atoms with Crippen molar-refractivity contribution in [1.82, 2.24) is 14.9 Å². The van der Waals surface area contributed by atoms with Crippen LogP contribution in [0.3, 0.4) is 0 Å². The van der Waals surface area contributed by atoms with Crippen molar-refractivity contribution in [2.45, 2.75) is 18.6 Å². The number of rotatable bonds is 4. The Balaban J connectivity index is 1.70. The minimum absolute atomic E-state index is 0.0314. The van der Waals surface area contributed by atoms with Gasteiger partial charge in [-0.3, -0.25) is 4.79 Å². The molecule has 1 aliphatic heterocycles. The van der Waals surface area contributed by atoms with Crippen LogP contribution >= 0.6 is 0 Å². The maximum absolute atomic E-state index is 14.7. The smallest absolute Gasteiger partial charge is 0.251 e. The highest BCUT2D eigenvalue weighted by atomic mass is 19.1. The molecule has 3 aromatic rings. The second-order valence-corrected chi connectivity index (χ2v) is 7.97. The largest absolute Gasteiger partial charge is 0.370 e. The van der Waals surface area contributed by atoms with Gasteiger partial charge in [-0.15, -0.1) is 6.42 Å². The van der Waals surface area contributed by atoms with Crippen molar-refractivity contribution >= 4 is 16.9 Å². The van der Waals surface area contributed by atoms with Crippen LogP contribution in [0.2, 0.25) is 0 Å². The zero-order valence-electron chi connectivity index (χ0n) is 19.1. The van der Waals surface area contributed by atoms with Gasteiger partial charge in [-0.05, 0) is 53.3 Å². The maximum atomic E-state index is 14.7. The molecular weight excluding hydrogens is 462 g/mol. The number of carbonyl (C=O) groups is 1. The van der Waals surface area contributed by atoms with E-state index in [9.17, 15) is 18.7 Å². The minimum atomic E-state index is -1.15. The number of nitrogens with two attached hydrogens (primary N) is 1. The number of pyridine rings is 1. The van der Waals surface area contributed by atoms with Crippen molar-refractivity contribution in [3.63, 3.8) is 0 Å². The Morgan fingerprint density at radius 1 is 1.31 bits per heavy atom. The molecule has 3 heterocycles. The van der Waals surface area contributed by atoms with Gasteiger partial charge >= 0.3 is 0 Å². The van der Waals surface area contributed by atoms with Crippen molar-refractivity contribution < 1.29 is 18.7 Å². The quantitative estimate of drug-likeness (QED) is 0.498. The second kappa shape index (κ2) is 10.2. The van der Waals surface area contributed by atoms with Gasteiger partial charge in [-0.25, -0.2) is 13.8 Å². The van der Waals surface area contributed by atoms with Crippen molar-refractivity contribution in [3.8, 4) is 36.0 Å². The van der Waals surface area contributed by atoms with Gasteiger partial charge in [-0.2, -0.15) is 0 Å². The summed E-state index contributed by atoms with van der Waals surface area (Å²) in [6, 6.07) is 4.86. The predicted octanol–water partition coefficient (Wildman–Crippen LogP) is 3.18. The molecule has 178 valence electrons. The Labute approximate surface area is 206 Å².